The van der Waals surface area contributed by atoms with Crippen LogP contribution in [0.25, 0.3) is 0 Å². The zero-order valence-corrected chi connectivity index (χ0v) is 12.2. The van der Waals surface area contributed by atoms with Crippen molar-refractivity contribution < 1.29 is 19.0 Å². The predicted octanol–water partition coefficient (Wildman–Crippen LogP) is 2.99. The fourth-order valence-electron chi connectivity index (χ4n) is 1.94. The van der Waals surface area contributed by atoms with Crippen molar-refractivity contribution in [1.82, 2.24) is 0 Å². The van der Waals surface area contributed by atoms with Crippen LogP contribution in [0.3, 0.4) is 0 Å². The van der Waals surface area contributed by atoms with Crippen molar-refractivity contribution in [3.63, 3.8) is 0 Å². The lowest BCUT2D eigenvalue weighted by Gasteiger charge is -2.10. The van der Waals surface area contributed by atoms with E-state index in [-0.39, 0.29) is 19.0 Å². The van der Waals surface area contributed by atoms with Crippen LogP contribution in [-0.2, 0) is 22.6 Å². The van der Waals surface area contributed by atoms with Crippen molar-refractivity contribution in [2.24, 2.45) is 0 Å². The molecule has 0 amide bonds. The van der Waals surface area contributed by atoms with E-state index in [4.69, 9.17) is 14.2 Å². The summed E-state index contributed by atoms with van der Waals surface area (Å²) < 4.78 is 15.7. The maximum Gasteiger partial charge on any atom is 0.310 e. The van der Waals surface area contributed by atoms with Gasteiger partial charge >= 0.3 is 5.97 Å². The Morgan fingerprint density at radius 3 is 2.43 bits per heavy atom. The first-order chi connectivity index (χ1) is 10.2. The molecule has 0 saturated heterocycles. The SMILES string of the molecule is COc1ccc(CC(=O)OCc2ccccc2)c(OC)c1. The molecule has 0 heterocycles. The molecular weight excluding hydrogens is 268 g/mol. The number of hydrogen-bond donors (Lipinski definition) is 0. The maximum atomic E-state index is 11.9. The summed E-state index contributed by atoms with van der Waals surface area (Å²) in [4.78, 5) is 11.9. The topological polar surface area (TPSA) is 44.8 Å². The van der Waals surface area contributed by atoms with E-state index in [1.165, 1.54) is 0 Å². The molecule has 0 atom stereocenters. The van der Waals surface area contributed by atoms with Crippen molar-refractivity contribution in [1.29, 1.82) is 0 Å². The van der Waals surface area contributed by atoms with Crippen LogP contribution < -0.4 is 9.47 Å². The van der Waals surface area contributed by atoms with E-state index in [2.05, 4.69) is 0 Å². The summed E-state index contributed by atoms with van der Waals surface area (Å²) in [6, 6.07) is 14.9. The van der Waals surface area contributed by atoms with Gasteiger partial charge in [-0.1, -0.05) is 36.4 Å². The number of carbonyl (C=O) groups excluding carboxylic acids is 1. The van der Waals surface area contributed by atoms with Gasteiger partial charge < -0.3 is 14.2 Å². The molecule has 110 valence electrons. The number of benzene rings is 2. The van der Waals surface area contributed by atoms with Gasteiger partial charge in [-0.15, -0.1) is 0 Å². The summed E-state index contributed by atoms with van der Waals surface area (Å²) in [5.41, 5.74) is 1.74. The van der Waals surface area contributed by atoms with Gasteiger partial charge in [0.05, 0.1) is 20.6 Å². The number of methoxy groups -OCH3 is 2. The highest BCUT2D eigenvalue weighted by molar-refractivity contribution is 5.73. The minimum atomic E-state index is -0.290. The van der Waals surface area contributed by atoms with Crippen LogP contribution in [0, 0.1) is 0 Å². The summed E-state index contributed by atoms with van der Waals surface area (Å²) in [5, 5.41) is 0. The monoisotopic (exact) mass is 286 g/mol. The minimum Gasteiger partial charge on any atom is -0.497 e. The number of hydrogen-bond acceptors (Lipinski definition) is 4. The second kappa shape index (κ2) is 7.33. The van der Waals surface area contributed by atoms with E-state index in [1.54, 1.807) is 32.4 Å². The number of carbonyl (C=O) groups is 1. The lowest BCUT2D eigenvalue weighted by atomic mass is 10.1. The third-order valence-electron chi connectivity index (χ3n) is 3.07. The summed E-state index contributed by atoms with van der Waals surface area (Å²) in [6.45, 7) is 0.276. The average molecular weight is 286 g/mol. The van der Waals surface area contributed by atoms with Gasteiger partial charge in [0.25, 0.3) is 0 Å². The molecular formula is C17H18O4. The first kappa shape index (κ1) is 14.9. The Hall–Kier alpha value is -2.49. The summed E-state index contributed by atoms with van der Waals surface area (Å²) >= 11 is 0. The maximum absolute atomic E-state index is 11.9. The van der Waals surface area contributed by atoms with Gasteiger partial charge in [0.15, 0.2) is 0 Å². The molecule has 0 radical (unpaired) electrons. The largest absolute Gasteiger partial charge is 0.497 e. The normalized spacial score (nSPS) is 10.0. The molecule has 2 aromatic carbocycles. The van der Waals surface area contributed by atoms with Crippen LogP contribution in [0.15, 0.2) is 48.5 Å². The highest BCUT2D eigenvalue weighted by Gasteiger charge is 2.11. The molecule has 21 heavy (non-hydrogen) atoms. The van der Waals surface area contributed by atoms with Crippen LogP contribution in [0.1, 0.15) is 11.1 Å². The molecule has 0 aliphatic rings. The molecule has 2 rings (SSSR count). The number of rotatable bonds is 6. The molecule has 0 fully saturated rings. The van der Waals surface area contributed by atoms with Crippen molar-refractivity contribution >= 4 is 5.97 Å². The summed E-state index contributed by atoms with van der Waals surface area (Å²) in [5.74, 6) is 1.02. The van der Waals surface area contributed by atoms with Gasteiger partial charge in [0.2, 0.25) is 0 Å². The zero-order valence-electron chi connectivity index (χ0n) is 12.2. The van der Waals surface area contributed by atoms with Gasteiger partial charge in [-0.05, 0) is 11.6 Å². The first-order valence-electron chi connectivity index (χ1n) is 6.63. The summed E-state index contributed by atoms with van der Waals surface area (Å²) in [6.07, 6.45) is 0.167. The average Bonchev–Trinajstić information content (AvgIpc) is 2.54. The second-order valence-electron chi connectivity index (χ2n) is 4.50. The van der Waals surface area contributed by atoms with E-state index in [1.807, 2.05) is 30.3 Å². The van der Waals surface area contributed by atoms with Gasteiger partial charge in [0, 0.05) is 11.6 Å². The Morgan fingerprint density at radius 2 is 1.76 bits per heavy atom. The van der Waals surface area contributed by atoms with Gasteiger partial charge in [-0.25, -0.2) is 0 Å². The van der Waals surface area contributed by atoms with Crippen LogP contribution in [-0.4, -0.2) is 20.2 Å². The quantitative estimate of drug-likeness (QED) is 0.766. The molecule has 0 N–H and O–H groups in total. The van der Waals surface area contributed by atoms with Crippen molar-refractivity contribution in [2.45, 2.75) is 13.0 Å². The molecule has 4 heteroatoms. The summed E-state index contributed by atoms with van der Waals surface area (Å²) in [7, 11) is 3.15. The first-order valence-corrected chi connectivity index (χ1v) is 6.63. The standard InChI is InChI=1S/C17H18O4/c1-19-15-9-8-14(16(11-15)20-2)10-17(18)21-12-13-6-4-3-5-7-13/h3-9,11H,10,12H2,1-2H3. The lowest BCUT2D eigenvalue weighted by Crippen LogP contribution is -2.09. The van der Waals surface area contributed by atoms with Crippen LogP contribution in [0.5, 0.6) is 11.5 Å². The fraction of sp³-hybridized carbons (Fsp3) is 0.235. The second-order valence-corrected chi connectivity index (χ2v) is 4.50. The van der Waals surface area contributed by atoms with Crippen LogP contribution in [0.2, 0.25) is 0 Å². The fourth-order valence-corrected chi connectivity index (χ4v) is 1.94. The van der Waals surface area contributed by atoms with Gasteiger partial charge in [-0.2, -0.15) is 0 Å². The third-order valence-corrected chi connectivity index (χ3v) is 3.07. The number of ether oxygens (including phenoxy) is 3. The Kier molecular flexibility index (Phi) is 5.21. The smallest absolute Gasteiger partial charge is 0.310 e. The zero-order chi connectivity index (χ0) is 15.1. The molecule has 0 aliphatic carbocycles. The molecule has 4 nitrogen and oxygen atoms in total. The van der Waals surface area contributed by atoms with E-state index in [0.29, 0.717) is 11.5 Å². The Balaban J connectivity index is 1.96. The molecule has 0 aliphatic heterocycles. The van der Waals surface area contributed by atoms with E-state index in [0.717, 1.165) is 11.1 Å². The van der Waals surface area contributed by atoms with Crippen LogP contribution >= 0.6 is 0 Å². The van der Waals surface area contributed by atoms with E-state index in [9.17, 15) is 4.79 Å². The van der Waals surface area contributed by atoms with Gasteiger partial charge in [-0.3, -0.25) is 4.79 Å². The highest BCUT2D eigenvalue weighted by Crippen LogP contribution is 2.25. The lowest BCUT2D eigenvalue weighted by molar-refractivity contribution is -0.144. The Morgan fingerprint density at radius 1 is 1.00 bits per heavy atom. The third kappa shape index (κ3) is 4.24. The van der Waals surface area contributed by atoms with E-state index >= 15 is 0 Å². The molecule has 0 saturated carbocycles. The van der Waals surface area contributed by atoms with Crippen molar-refractivity contribution in [3.05, 3.63) is 59.7 Å². The molecule has 0 bridgehead atoms. The molecule has 0 aromatic heterocycles. The molecule has 0 unspecified atom stereocenters. The minimum absolute atomic E-state index is 0.167. The Bertz CT molecular complexity index is 593. The predicted molar refractivity (Wildman–Crippen MR) is 79.5 cm³/mol. The molecule has 2 aromatic rings. The van der Waals surface area contributed by atoms with Crippen molar-refractivity contribution in [3.8, 4) is 11.5 Å². The molecule has 0 spiro atoms. The van der Waals surface area contributed by atoms with Crippen molar-refractivity contribution in [2.75, 3.05) is 14.2 Å². The van der Waals surface area contributed by atoms with E-state index < -0.39 is 0 Å². The highest BCUT2D eigenvalue weighted by atomic mass is 16.5. The number of esters is 1. The van der Waals surface area contributed by atoms with Gasteiger partial charge in [0.1, 0.15) is 18.1 Å². The Labute approximate surface area is 124 Å². The van der Waals surface area contributed by atoms with Crippen LogP contribution in [0.4, 0.5) is 0 Å².